The number of rotatable bonds is 5. The van der Waals surface area contributed by atoms with Crippen molar-refractivity contribution in [1.82, 2.24) is 9.55 Å². The highest BCUT2D eigenvalue weighted by Crippen LogP contribution is 2.29. The maximum absolute atomic E-state index is 11.9. The van der Waals surface area contributed by atoms with Crippen LogP contribution in [-0.4, -0.2) is 24.2 Å². The zero-order valence-electron chi connectivity index (χ0n) is 12.8. The van der Waals surface area contributed by atoms with Gasteiger partial charge in [-0.2, -0.15) is 0 Å². The minimum Gasteiger partial charge on any atom is -0.327 e. The first kappa shape index (κ1) is 16.3. The molecule has 0 amide bonds. The Labute approximate surface area is 131 Å². The molecule has 116 valence electrons. The zero-order valence-corrected chi connectivity index (χ0v) is 14.4. The molecule has 0 spiro atoms. The number of halogens is 1. The summed E-state index contributed by atoms with van der Waals surface area (Å²) in [5.41, 5.74) is 1.35. The van der Waals surface area contributed by atoms with Gasteiger partial charge in [0.1, 0.15) is 11.3 Å². The summed E-state index contributed by atoms with van der Waals surface area (Å²) in [5, 5.41) is -0.267. The molecule has 0 radical (unpaired) electrons. The van der Waals surface area contributed by atoms with Gasteiger partial charge in [-0.3, -0.25) is 0 Å². The third-order valence-electron chi connectivity index (χ3n) is 3.46. The van der Waals surface area contributed by atoms with Gasteiger partial charge >= 0.3 is 0 Å². The van der Waals surface area contributed by atoms with Crippen LogP contribution in [0.4, 0.5) is 0 Å². The number of aromatic nitrogens is 2. The van der Waals surface area contributed by atoms with Gasteiger partial charge in [0.15, 0.2) is 9.84 Å². The summed E-state index contributed by atoms with van der Waals surface area (Å²) in [6.45, 7) is 6.96. The highest BCUT2D eigenvalue weighted by molar-refractivity contribution is 7.91. The summed E-state index contributed by atoms with van der Waals surface area (Å²) in [5.74, 6) is 1.28. The highest BCUT2D eigenvalue weighted by atomic mass is 35.5. The van der Waals surface area contributed by atoms with E-state index >= 15 is 0 Å². The van der Waals surface area contributed by atoms with Crippen molar-refractivity contribution >= 4 is 32.5 Å². The normalized spacial score (nSPS) is 14.0. The number of hydrogen-bond acceptors (Lipinski definition) is 3. The van der Waals surface area contributed by atoms with E-state index < -0.39 is 9.84 Å². The van der Waals surface area contributed by atoms with Crippen LogP contribution in [0.1, 0.15) is 38.4 Å². The van der Waals surface area contributed by atoms with Crippen LogP contribution in [0, 0.1) is 5.92 Å². The van der Waals surface area contributed by atoms with Gasteiger partial charge in [-0.15, -0.1) is 11.6 Å². The van der Waals surface area contributed by atoms with Crippen LogP contribution in [0.15, 0.2) is 23.1 Å². The Morgan fingerprint density at radius 3 is 2.48 bits per heavy atom. The summed E-state index contributed by atoms with van der Waals surface area (Å²) in [6, 6.07) is 5.26. The molecule has 0 aliphatic carbocycles. The van der Waals surface area contributed by atoms with Crippen LogP contribution in [0.25, 0.3) is 11.0 Å². The minimum atomic E-state index is -3.31. The molecule has 2 aromatic rings. The first-order valence-electron chi connectivity index (χ1n) is 7.05. The van der Waals surface area contributed by atoms with Crippen LogP contribution >= 0.6 is 11.6 Å². The zero-order chi connectivity index (χ0) is 15.8. The number of fused-ring (bicyclic) bond motifs is 1. The Hall–Kier alpha value is -1.07. The van der Waals surface area contributed by atoms with Crippen LogP contribution < -0.4 is 0 Å². The first-order valence-corrected chi connectivity index (χ1v) is 9.38. The van der Waals surface area contributed by atoms with Crippen LogP contribution in [-0.2, 0) is 16.4 Å². The summed E-state index contributed by atoms with van der Waals surface area (Å²) in [7, 11) is -3.31. The second kappa shape index (κ2) is 5.97. The summed E-state index contributed by atoms with van der Waals surface area (Å²) >= 11 is 6.23. The van der Waals surface area contributed by atoms with Gasteiger partial charge in [-0.25, -0.2) is 13.4 Å². The molecule has 1 unspecified atom stereocenters. The van der Waals surface area contributed by atoms with Crippen molar-refractivity contribution in [3.05, 3.63) is 24.0 Å². The molecule has 1 atom stereocenters. The lowest BCUT2D eigenvalue weighted by molar-refractivity contribution is 0.512. The van der Waals surface area contributed by atoms with Crippen molar-refractivity contribution in [1.29, 1.82) is 0 Å². The third-order valence-corrected chi connectivity index (χ3v) is 4.78. The molecule has 21 heavy (non-hydrogen) atoms. The molecule has 6 heteroatoms. The number of benzene rings is 1. The summed E-state index contributed by atoms with van der Waals surface area (Å²) in [6.07, 6.45) is 2.20. The van der Waals surface area contributed by atoms with Crippen molar-refractivity contribution in [3.8, 4) is 0 Å². The number of aryl methyl sites for hydroxylation is 1. The van der Waals surface area contributed by atoms with Crippen molar-refractivity contribution < 1.29 is 8.42 Å². The van der Waals surface area contributed by atoms with E-state index in [-0.39, 0.29) is 10.3 Å². The average molecular weight is 329 g/mol. The predicted octanol–water partition coefficient (Wildman–Crippen LogP) is 3.79. The van der Waals surface area contributed by atoms with E-state index in [9.17, 15) is 8.42 Å². The summed E-state index contributed by atoms with van der Waals surface area (Å²) in [4.78, 5) is 4.77. The third kappa shape index (κ3) is 3.40. The monoisotopic (exact) mass is 328 g/mol. The molecule has 0 saturated carbocycles. The molecule has 1 aromatic heterocycles. The topological polar surface area (TPSA) is 52.0 Å². The second-order valence-electron chi connectivity index (χ2n) is 5.82. The predicted molar refractivity (Wildman–Crippen MR) is 86.6 cm³/mol. The highest BCUT2D eigenvalue weighted by Gasteiger charge is 2.20. The van der Waals surface area contributed by atoms with Gasteiger partial charge in [0, 0.05) is 12.8 Å². The van der Waals surface area contributed by atoms with Crippen LogP contribution in [0.2, 0.25) is 0 Å². The van der Waals surface area contributed by atoms with E-state index in [1.54, 1.807) is 12.1 Å². The van der Waals surface area contributed by atoms with E-state index in [2.05, 4.69) is 18.8 Å². The minimum absolute atomic E-state index is 0.266. The smallest absolute Gasteiger partial charge is 0.177 e. The largest absolute Gasteiger partial charge is 0.327 e. The van der Waals surface area contributed by atoms with E-state index in [0.29, 0.717) is 11.4 Å². The lowest BCUT2D eigenvalue weighted by Crippen LogP contribution is -2.06. The van der Waals surface area contributed by atoms with Crippen molar-refractivity contribution in [3.63, 3.8) is 0 Å². The fourth-order valence-electron chi connectivity index (χ4n) is 2.36. The molecule has 0 saturated heterocycles. The maximum atomic E-state index is 11.9. The van der Waals surface area contributed by atoms with Gasteiger partial charge in [0.05, 0.1) is 15.8 Å². The second-order valence-corrected chi connectivity index (χ2v) is 8.46. The fourth-order valence-corrected chi connectivity index (χ4v) is 3.36. The maximum Gasteiger partial charge on any atom is 0.177 e. The number of nitrogens with zero attached hydrogens (tertiary/aromatic N) is 2. The number of alkyl halides is 1. The number of para-hydroxylation sites is 1. The molecular weight excluding hydrogens is 308 g/mol. The van der Waals surface area contributed by atoms with Crippen molar-refractivity contribution in [2.24, 2.45) is 5.92 Å². The molecule has 0 aliphatic heterocycles. The van der Waals surface area contributed by atoms with E-state index in [1.807, 2.05) is 17.6 Å². The Bertz CT molecular complexity index is 748. The Balaban J connectivity index is 2.68. The molecule has 0 fully saturated rings. The van der Waals surface area contributed by atoms with Crippen molar-refractivity contribution in [2.75, 3.05) is 6.26 Å². The standard InChI is InChI=1S/C15H21ClN2O2S/c1-10(2)8-9-18-12-6-5-7-13(21(4,19)20)14(12)17-15(18)11(3)16/h5-7,10-11H,8-9H2,1-4H3. The number of imidazole rings is 1. The van der Waals surface area contributed by atoms with Gasteiger partial charge in [0.2, 0.25) is 0 Å². The first-order chi connectivity index (χ1) is 9.71. The fraction of sp³-hybridized carbons (Fsp3) is 0.533. The Kier molecular flexibility index (Phi) is 4.63. The lowest BCUT2D eigenvalue weighted by atomic mass is 10.1. The molecule has 4 nitrogen and oxygen atoms in total. The Morgan fingerprint density at radius 2 is 1.95 bits per heavy atom. The number of hydrogen-bond donors (Lipinski definition) is 0. The molecule has 1 aromatic carbocycles. The lowest BCUT2D eigenvalue weighted by Gasteiger charge is -2.12. The Morgan fingerprint density at radius 1 is 1.29 bits per heavy atom. The van der Waals surface area contributed by atoms with E-state index in [4.69, 9.17) is 11.6 Å². The van der Waals surface area contributed by atoms with Gasteiger partial charge in [-0.1, -0.05) is 19.9 Å². The SMILES string of the molecule is CC(C)CCn1c(C(C)Cl)nc2c(S(C)(=O)=O)cccc21. The van der Waals surface area contributed by atoms with Gasteiger partial charge < -0.3 is 4.57 Å². The van der Waals surface area contributed by atoms with Gasteiger partial charge in [0.25, 0.3) is 0 Å². The van der Waals surface area contributed by atoms with E-state index in [1.165, 1.54) is 6.26 Å². The molecule has 0 bridgehead atoms. The summed E-state index contributed by atoms with van der Waals surface area (Å²) < 4.78 is 25.9. The van der Waals surface area contributed by atoms with Crippen LogP contribution in [0.5, 0.6) is 0 Å². The quantitative estimate of drug-likeness (QED) is 0.785. The van der Waals surface area contributed by atoms with E-state index in [0.717, 1.165) is 24.3 Å². The van der Waals surface area contributed by atoms with Crippen molar-refractivity contribution in [2.45, 2.75) is 44.0 Å². The molecule has 0 aliphatic rings. The molecule has 0 N–H and O–H groups in total. The average Bonchev–Trinajstić information content (AvgIpc) is 2.73. The van der Waals surface area contributed by atoms with Crippen LogP contribution in [0.3, 0.4) is 0 Å². The number of sulfone groups is 1. The molecule has 2 rings (SSSR count). The molecular formula is C15H21ClN2O2S. The van der Waals surface area contributed by atoms with Gasteiger partial charge in [-0.05, 0) is 31.4 Å². The molecule has 1 heterocycles.